The van der Waals surface area contributed by atoms with Gasteiger partial charge in [0, 0.05) is 22.8 Å². The van der Waals surface area contributed by atoms with Crippen LogP contribution in [-0.2, 0) is 4.79 Å². The summed E-state index contributed by atoms with van der Waals surface area (Å²) in [6, 6.07) is 2.09. The number of nitrogens with one attached hydrogen (secondary N) is 1. The van der Waals surface area contributed by atoms with E-state index in [2.05, 4.69) is 11.9 Å². The predicted molar refractivity (Wildman–Crippen MR) is 107 cm³/mol. The van der Waals surface area contributed by atoms with E-state index in [1.165, 1.54) is 6.92 Å². The van der Waals surface area contributed by atoms with E-state index in [-0.39, 0.29) is 28.1 Å². The Labute approximate surface area is 173 Å². The Balaban J connectivity index is 2.28. The number of hydrogen-bond acceptors (Lipinski definition) is 2. The quantitative estimate of drug-likeness (QED) is 0.211. The molecule has 0 unspecified atom stereocenters. The van der Waals surface area contributed by atoms with E-state index in [1.54, 1.807) is 45.2 Å². The summed E-state index contributed by atoms with van der Waals surface area (Å²) in [6.45, 7) is 4.70. The summed E-state index contributed by atoms with van der Waals surface area (Å²) < 4.78 is 61.0. The first-order valence-electron chi connectivity index (χ1n) is 7.10. The first-order chi connectivity index (χ1) is 12.1. The maximum absolute atomic E-state index is 14.6. The molecule has 1 aliphatic rings. The second-order valence-corrected chi connectivity index (χ2v) is 10.6. The number of hydrogen-bond donors (Lipinski definition) is 1. The zero-order valence-electron chi connectivity index (χ0n) is 13.0. The summed E-state index contributed by atoms with van der Waals surface area (Å²) in [4.78, 5) is 12.0. The maximum Gasteiger partial charge on any atom is 0.289 e. The van der Waals surface area contributed by atoms with Gasteiger partial charge >= 0.3 is 0 Å². The molecule has 0 atom stereocenters. The smallest absolute Gasteiger partial charge is 0.289 e. The summed E-state index contributed by atoms with van der Waals surface area (Å²) in [5, 5.41) is 2.53. The third kappa shape index (κ3) is 2.98. The van der Waals surface area contributed by atoms with Gasteiger partial charge in [-0.1, -0.05) is 12.7 Å². The molecule has 3 nitrogen and oxygen atoms in total. The summed E-state index contributed by atoms with van der Waals surface area (Å²) in [5.41, 5.74) is -0.975. The number of anilines is 1. The number of carbonyl (C=O) groups is 1. The minimum absolute atomic E-state index is 0.0181. The van der Waals surface area contributed by atoms with Gasteiger partial charge in [0.05, 0.1) is 5.69 Å². The van der Waals surface area contributed by atoms with E-state index in [4.69, 9.17) is 4.74 Å². The number of carbonyl (C=O) groups excluding carboxylic acids is 1. The predicted octanol–water partition coefficient (Wildman–Crippen LogP) is 5.72. The lowest BCUT2D eigenvalue weighted by atomic mass is 9.94. The highest BCUT2D eigenvalue weighted by Crippen LogP contribution is 2.44. The first-order valence-corrected chi connectivity index (χ1v) is 9.26. The number of amides is 1. The zero-order valence-corrected chi connectivity index (χ0v) is 17.3. The van der Waals surface area contributed by atoms with E-state index in [0.29, 0.717) is 0 Å². The van der Waals surface area contributed by atoms with Crippen molar-refractivity contribution in [1.29, 1.82) is 0 Å². The molecule has 1 aliphatic heterocycles. The molecule has 0 saturated heterocycles. The molecule has 0 aromatic heterocycles. The van der Waals surface area contributed by atoms with Crippen LogP contribution in [0.5, 0.6) is 5.75 Å². The van der Waals surface area contributed by atoms with Gasteiger partial charge in [0.15, 0.2) is 17.5 Å². The topological polar surface area (TPSA) is 38.3 Å². The van der Waals surface area contributed by atoms with Gasteiger partial charge in [-0.25, -0.2) is 17.6 Å². The van der Waals surface area contributed by atoms with Crippen LogP contribution in [0.25, 0.3) is 17.2 Å². The second-order valence-electron chi connectivity index (χ2n) is 5.46. The van der Waals surface area contributed by atoms with Crippen molar-refractivity contribution in [2.75, 3.05) is 5.32 Å². The minimum atomic E-state index is -1.73. The molecular weight excluding hydrogens is 580 g/mol. The highest BCUT2D eigenvalue weighted by Gasteiger charge is 2.40. The van der Waals surface area contributed by atoms with Crippen LogP contribution in [0.2, 0.25) is 0 Å². The van der Waals surface area contributed by atoms with Crippen molar-refractivity contribution in [3.8, 4) is 16.9 Å². The van der Waals surface area contributed by atoms with Crippen LogP contribution >= 0.6 is 45.2 Å². The molecule has 0 fully saturated rings. The van der Waals surface area contributed by atoms with Crippen LogP contribution in [0.4, 0.5) is 23.2 Å². The minimum Gasteiger partial charge on any atom is -0.456 e. The van der Waals surface area contributed by atoms with Gasteiger partial charge in [-0.2, -0.15) is 0 Å². The molecule has 0 spiro atoms. The molecule has 2 aromatic carbocycles. The Morgan fingerprint density at radius 3 is 2.42 bits per heavy atom. The molecule has 136 valence electrons. The summed E-state index contributed by atoms with van der Waals surface area (Å²) in [6.07, 6.45) is 1.03. The van der Waals surface area contributed by atoms with Gasteiger partial charge in [-0.15, -0.1) is 0 Å². The largest absolute Gasteiger partial charge is 0.456 e. The van der Waals surface area contributed by atoms with Crippen molar-refractivity contribution < 1.29 is 27.1 Å². The lowest BCUT2D eigenvalue weighted by molar-refractivity contribution is -0.120. The molecule has 0 bridgehead atoms. The third-order valence-electron chi connectivity index (χ3n) is 3.91. The van der Waals surface area contributed by atoms with Crippen LogP contribution in [0.15, 0.2) is 18.7 Å². The van der Waals surface area contributed by atoms with Gasteiger partial charge in [0.1, 0.15) is 11.6 Å². The number of benzene rings is 2. The van der Waals surface area contributed by atoms with Crippen molar-refractivity contribution in [3.05, 3.63) is 53.1 Å². The molecule has 2 aromatic rings. The monoisotopic (exact) mass is 589 g/mol. The summed E-state index contributed by atoms with van der Waals surface area (Å²) in [5.74, 6) is -6.02. The number of ether oxygens (including phenoxy) is 1. The maximum atomic E-state index is 14.6. The summed E-state index contributed by atoms with van der Waals surface area (Å²) in [7, 11) is 0. The van der Waals surface area contributed by atoms with Gasteiger partial charge in [0.2, 0.25) is 0 Å². The van der Waals surface area contributed by atoms with Gasteiger partial charge in [-0.3, -0.25) is 4.79 Å². The van der Waals surface area contributed by atoms with E-state index < -0.39 is 36.4 Å². The van der Waals surface area contributed by atoms with Crippen molar-refractivity contribution in [2.24, 2.45) is 0 Å². The Kier molecular flexibility index (Phi) is 4.97. The molecule has 1 heterocycles. The van der Waals surface area contributed by atoms with Gasteiger partial charge < -0.3 is 10.1 Å². The number of fused-ring (bicyclic) bond motifs is 1. The third-order valence-corrected chi connectivity index (χ3v) is 5.33. The van der Waals surface area contributed by atoms with Crippen LogP contribution in [0, 0.1) is 30.2 Å². The number of alkyl halides is 2. The standard InChI is InChI=1S/C17H9F4I2NO2/c1-3-7-6(2)12(14(20)15(21)13(7)19)8-4-10-11(5-9(8)18)26-17(22,23)16(25)24-10/h3-5H,1H2,2H3,(H,24,25). The molecular formula is C17H9F4I2NO2. The van der Waals surface area contributed by atoms with Crippen LogP contribution in [-0.4, -0.2) is 7.52 Å². The molecule has 0 aliphatic carbocycles. The number of rotatable bonds is 2. The fourth-order valence-corrected chi connectivity index (χ4v) is 3.40. The van der Waals surface area contributed by atoms with Gasteiger partial charge in [-0.05, 0) is 63.7 Å². The van der Waals surface area contributed by atoms with Crippen LogP contribution < -0.4 is 10.1 Å². The lowest BCUT2D eigenvalue weighted by Crippen LogP contribution is -2.40. The van der Waals surface area contributed by atoms with Crippen molar-refractivity contribution in [2.45, 2.75) is 8.54 Å². The Hall–Kier alpha value is -1.37. The normalized spacial score (nSPS) is 15.1. The Morgan fingerprint density at radius 1 is 1.15 bits per heavy atom. The van der Waals surface area contributed by atoms with E-state index >= 15 is 0 Å². The number of halogens is 6. The summed E-state index contributed by atoms with van der Waals surface area (Å²) >= 11 is 3.48. The Morgan fingerprint density at radius 2 is 1.81 bits per heavy atom. The Bertz CT molecular complexity index is 976. The molecule has 0 saturated carbocycles. The fourth-order valence-electron chi connectivity index (χ4n) is 2.66. The van der Waals surface area contributed by atoms with Crippen LogP contribution in [0.3, 0.4) is 0 Å². The van der Waals surface area contributed by atoms with Crippen molar-refractivity contribution in [1.82, 2.24) is 0 Å². The highest BCUT2D eigenvalue weighted by molar-refractivity contribution is 14.2. The highest BCUT2D eigenvalue weighted by atomic mass is 127. The van der Waals surface area contributed by atoms with Gasteiger partial charge in [0.25, 0.3) is 7.52 Å². The molecule has 3 rings (SSSR count). The van der Waals surface area contributed by atoms with Crippen molar-refractivity contribution >= 4 is 62.9 Å². The van der Waals surface area contributed by atoms with E-state index in [9.17, 15) is 22.4 Å². The first kappa shape index (κ1) is 19.4. The molecule has 1 amide bonds. The fraction of sp³-hybridized carbons (Fsp3) is 0.118. The molecule has 1 N–H and O–H groups in total. The SMILES string of the molecule is C=Cc1c(C)c(-c2cc3c(cc2F)OC(I)(I)C(=O)N3)c(F)c(F)c1F. The van der Waals surface area contributed by atoms with Crippen molar-refractivity contribution in [3.63, 3.8) is 0 Å². The molecule has 26 heavy (non-hydrogen) atoms. The zero-order chi connectivity index (χ0) is 19.4. The second kappa shape index (κ2) is 6.66. The van der Waals surface area contributed by atoms with Crippen LogP contribution in [0.1, 0.15) is 11.1 Å². The lowest BCUT2D eigenvalue weighted by Gasteiger charge is -2.29. The van der Waals surface area contributed by atoms with E-state index in [0.717, 1.165) is 18.2 Å². The average molecular weight is 589 g/mol. The molecule has 0 radical (unpaired) electrons. The van der Waals surface area contributed by atoms with E-state index in [1.807, 2.05) is 0 Å². The molecule has 9 heteroatoms. The average Bonchev–Trinajstić information content (AvgIpc) is 2.55.